The fraction of sp³-hybridized carbons (Fsp3) is 0.524. The Kier molecular flexibility index (Phi) is 5.13. The van der Waals surface area contributed by atoms with Crippen LogP contribution in [0.25, 0.3) is 0 Å². The zero-order valence-corrected chi connectivity index (χ0v) is 17.8. The van der Waals surface area contributed by atoms with Crippen molar-refractivity contribution in [3.05, 3.63) is 35.4 Å². The first-order valence-corrected chi connectivity index (χ1v) is 10.0. The molecule has 2 fully saturated rings. The van der Waals surface area contributed by atoms with E-state index in [4.69, 9.17) is 9.47 Å². The molecule has 0 bridgehead atoms. The van der Waals surface area contributed by atoms with Crippen LogP contribution in [0.2, 0.25) is 0 Å². The van der Waals surface area contributed by atoms with Crippen molar-refractivity contribution in [2.24, 2.45) is 5.92 Å². The molecule has 2 amide bonds. The molecule has 2 saturated heterocycles. The van der Waals surface area contributed by atoms with Crippen molar-refractivity contribution in [3.63, 3.8) is 0 Å². The van der Waals surface area contributed by atoms with Crippen LogP contribution in [0.3, 0.4) is 0 Å². The molecule has 0 unspecified atom stereocenters. The van der Waals surface area contributed by atoms with Gasteiger partial charge in [-0.2, -0.15) is 5.10 Å². The largest absolute Gasteiger partial charge is 0.497 e. The number of fused-ring (bicyclic) bond motifs is 1. The van der Waals surface area contributed by atoms with Gasteiger partial charge in [-0.25, -0.2) is 4.98 Å². The molecule has 3 heterocycles. The van der Waals surface area contributed by atoms with Gasteiger partial charge in [0.25, 0.3) is 5.91 Å². The minimum atomic E-state index is -0.336. The summed E-state index contributed by atoms with van der Waals surface area (Å²) in [5.74, 6) is 2.62. The fourth-order valence-electron chi connectivity index (χ4n) is 4.68. The van der Waals surface area contributed by atoms with E-state index in [9.17, 15) is 9.59 Å². The van der Waals surface area contributed by atoms with Crippen LogP contribution < -0.4 is 9.47 Å². The molecule has 1 aromatic heterocycles. The number of piperidine rings is 1. The fourth-order valence-corrected chi connectivity index (χ4v) is 4.68. The number of carbonyl (C=O) groups excluding carboxylic acids is 2. The van der Waals surface area contributed by atoms with Crippen LogP contribution in [0, 0.1) is 12.8 Å². The second-order valence-electron chi connectivity index (χ2n) is 8.06. The van der Waals surface area contributed by atoms with E-state index >= 15 is 0 Å². The molecule has 30 heavy (non-hydrogen) atoms. The second-order valence-corrected chi connectivity index (χ2v) is 8.06. The first-order valence-electron chi connectivity index (χ1n) is 10.0. The van der Waals surface area contributed by atoms with Gasteiger partial charge in [0.2, 0.25) is 5.91 Å². The highest BCUT2D eigenvalue weighted by atomic mass is 16.5. The molecule has 0 aliphatic carbocycles. The molecular formula is C21H27N5O4. The number of amides is 2. The number of hydrogen-bond donors (Lipinski definition) is 1. The van der Waals surface area contributed by atoms with Crippen LogP contribution in [0.15, 0.2) is 18.2 Å². The molecule has 2 aliphatic heterocycles. The van der Waals surface area contributed by atoms with Gasteiger partial charge in [-0.05, 0) is 25.5 Å². The number of benzene rings is 1. The van der Waals surface area contributed by atoms with Crippen LogP contribution in [0.5, 0.6) is 11.5 Å². The highest BCUT2D eigenvalue weighted by molar-refractivity contribution is 5.97. The molecule has 1 aromatic carbocycles. The Balaban J connectivity index is 1.62. The molecular weight excluding hydrogens is 386 g/mol. The Morgan fingerprint density at radius 1 is 1.20 bits per heavy atom. The van der Waals surface area contributed by atoms with Crippen molar-refractivity contribution in [3.8, 4) is 11.5 Å². The number of rotatable bonds is 4. The zero-order valence-electron chi connectivity index (χ0n) is 17.8. The Hall–Kier alpha value is -3.10. The molecule has 4 rings (SSSR count). The topological polar surface area (TPSA) is 101 Å². The average Bonchev–Trinajstić information content (AvgIpc) is 3.36. The first kappa shape index (κ1) is 20.2. The van der Waals surface area contributed by atoms with E-state index in [1.807, 2.05) is 16.7 Å². The zero-order chi connectivity index (χ0) is 21.5. The molecule has 1 N–H and O–H groups in total. The van der Waals surface area contributed by atoms with E-state index in [-0.39, 0.29) is 23.1 Å². The van der Waals surface area contributed by atoms with Crippen LogP contribution in [-0.2, 0) is 10.2 Å². The maximum absolute atomic E-state index is 13.3. The lowest BCUT2D eigenvalue weighted by atomic mass is 9.71. The number of H-pyrrole nitrogens is 1. The molecule has 9 nitrogen and oxygen atoms in total. The minimum absolute atomic E-state index is 0.0331. The lowest BCUT2D eigenvalue weighted by molar-refractivity contribution is -0.128. The number of aromatic amines is 1. The van der Waals surface area contributed by atoms with Gasteiger partial charge in [0.1, 0.15) is 17.3 Å². The summed E-state index contributed by atoms with van der Waals surface area (Å²) in [6, 6.07) is 5.20. The summed E-state index contributed by atoms with van der Waals surface area (Å²) in [6.45, 7) is 5.72. The van der Waals surface area contributed by atoms with Gasteiger partial charge in [0.15, 0.2) is 5.82 Å². The summed E-state index contributed by atoms with van der Waals surface area (Å²) < 4.78 is 10.7. The Morgan fingerprint density at radius 3 is 2.60 bits per heavy atom. The highest BCUT2D eigenvalue weighted by Crippen LogP contribution is 2.44. The van der Waals surface area contributed by atoms with Crippen molar-refractivity contribution >= 4 is 11.8 Å². The summed E-state index contributed by atoms with van der Waals surface area (Å²) in [5.41, 5.74) is 0.165. The van der Waals surface area contributed by atoms with Crippen LogP contribution >= 0.6 is 0 Å². The maximum Gasteiger partial charge on any atom is 0.257 e. The van der Waals surface area contributed by atoms with Gasteiger partial charge in [0.05, 0.1) is 25.2 Å². The van der Waals surface area contributed by atoms with Crippen molar-refractivity contribution in [1.82, 2.24) is 25.0 Å². The number of aromatic nitrogens is 3. The van der Waals surface area contributed by atoms with Crippen molar-refractivity contribution in [2.75, 3.05) is 40.4 Å². The van der Waals surface area contributed by atoms with E-state index in [1.54, 1.807) is 39.3 Å². The predicted octanol–water partition coefficient (Wildman–Crippen LogP) is 1.39. The quantitative estimate of drug-likeness (QED) is 0.813. The maximum atomic E-state index is 13.3. The summed E-state index contributed by atoms with van der Waals surface area (Å²) >= 11 is 0. The Bertz CT molecular complexity index is 974. The van der Waals surface area contributed by atoms with E-state index in [0.717, 1.165) is 11.6 Å². The summed E-state index contributed by atoms with van der Waals surface area (Å²) in [5, 5.41) is 7.36. The average molecular weight is 413 g/mol. The summed E-state index contributed by atoms with van der Waals surface area (Å²) in [7, 11) is 3.12. The van der Waals surface area contributed by atoms with Crippen LogP contribution in [0.1, 0.15) is 35.4 Å². The number of nitrogens with zero attached hydrogens (tertiary/aromatic N) is 4. The molecule has 160 valence electrons. The van der Waals surface area contributed by atoms with E-state index in [1.165, 1.54) is 0 Å². The van der Waals surface area contributed by atoms with Gasteiger partial charge < -0.3 is 19.3 Å². The monoisotopic (exact) mass is 413 g/mol. The molecule has 2 atom stereocenters. The predicted molar refractivity (Wildman–Crippen MR) is 109 cm³/mol. The normalized spacial score (nSPS) is 23.3. The minimum Gasteiger partial charge on any atom is -0.497 e. The number of likely N-dealkylation sites (tertiary alicyclic amines) is 2. The number of methoxy groups -OCH3 is 2. The third-order valence-corrected chi connectivity index (χ3v) is 6.38. The Morgan fingerprint density at radius 2 is 1.97 bits per heavy atom. The number of ether oxygens (including phenoxy) is 2. The molecule has 0 spiro atoms. The highest BCUT2D eigenvalue weighted by Gasteiger charge is 2.54. The summed E-state index contributed by atoms with van der Waals surface area (Å²) in [4.78, 5) is 33.7. The lowest BCUT2D eigenvalue weighted by Gasteiger charge is -2.41. The van der Waals surface area contributed by atoms with E-state index in [0.29, 0.717) is 49.7 Å². The van der Waals surface area contributed by atoms with Crippen LogP contribution in [0.4, 0.5) is 0 Å². The van der Waals surface area contributed by atoms with Crippen molar-refractivity contribution in [2.45, 2.75) is 25.7 Å². The number of aryl methyl sites for hydroxylation is 1. The second kappa shape index (κ2) is 7.62. The van der Waals surface area contributed by atoms with E-state index in [2.05, 4.69) is 15.2 Å². The van der Waals surface area contributed by atoms with Gasteiger partial charge in [-0.1, -0.05) is 0 Å². The van der Waals surface area contributed by atoms with Crippen molar-refractivity contribution < 1.29 is 19.1 Å². The third-order valence-electron chi connectivity index (χ3n) is 6.38. The summed E-state index contributed by atoms with van der Waals surface area (Å²) in [6.07, 6.45) is 0.697. The van der Waals surface area contributed by atoms with Gasteiger partial charge in [-0.3, -0.25) is 14.7 Å². The van der Waals surface area contributed by atoms with Crippen molar-refractivity contribution in [1.29, 1.82) is 0 Å². The SMILES string of the molecule is COc1ccc(C(=O)N2CC[C@@]3(c4n[nH]c(C)n4)CN(C(C)=O)C[C@H]3C2)c(OC)c1. The third kappa shape index (κ3) is 3.28. The van der Waals surface area contributed by atoms with E-state index < -0.39 is 0 Å². The van der Waals surface area contributed by atoms with Gasteiger partial charge >= 0.3 is 0 Å². The number of hydrogen-bond acceptors (Lipinski definition) is 6. The number of carbonyl (C=O) groups is 2. The lowest BCUT2D eigenvalue weighted by Crippen LogP contribution is -2.51. The standard InChI is InChI=1S/C21H27N5O4/c1-13-22-20(24-23-13)21-7-8-25(10-15(21)11-26(12-21)14(2)27)19(28)17-6-5-16(29-3)9-18(17)30-4/h5-6,9,15H,7-8,10-12H2,1-4H3,(H,22,23,24)/t15-,21-/m1/s1. The molecule has 0 radical (unpaired) electrons. The molecule has 9 heteroatoms. The van der Waals surface area contributed by atoms with Gasteiger partial charge in [-0.15, -0.1) is 0 Å². The molecule has 2 aliphatic rings. The van der Waals surface area contributed by atoms with Crippen LogP contribution in [-0.4, -0.2) is 77.2 Å². The molecule has 0 saturated carbocycles. The van der Waals surface area contributed by atoms with Gasteiger partial charge in [0, 0.05) is 45.1 Å². The first-order chi connectivity index (χ1) is 14.4. The number of nitrogens with one attached hydrogen (secondary N) is 1. The smallest absolute Gasteiger partial charge is 0.257 e. The molecule has 2 aromatic rings. The Labute approximate surface area is 175 Å².